The molecule has 0 spiro atoms. The highest BCUT2D eigenvalue weighted by Crippen LogP contribution is 2.42. The molecule has 4 atom stereocenters. The van der Waals surface area contributed by atoms with Gasteiger partial charge < -0.3 is 29.4 Å². The van der Waals surface area contributed by atoms with E-state index in [9.17, 15) is 19.2 Å². The summed E-state index contributed by atoms with van der Waals surface area (Å²) in [7, 11) is 3.38. The van der Waals surface area contributed by atoms with Crippen LogP contribution in [0.25, 0.3) is 33.3 Å². The molecule has 3 aromatic heterocycles. The number of nitrogens with zero attached hydrogens (tertiary/aromatic N) is 5. The molecule has 15 heteroatoms. The topological polar surface area (TPSA) is 171 Å². The van der Waals surface area contributed by atoms with Crippen molar-refractivity contribution in [3.8, 4) is 28.4 Å². The molecule has 0 unspecified atom stereocenters. The van der Waals surface area contributed by atoms with E-state index in [0.29, 0.717) is 38.2 Å². The van der Waals surface area contributed by atoms with Crippen LogP contribution >= 0.6 is 0 Å². The molecule has 65 heavy (non-hydrogen) atoms. The largest absolute Gasteiger partial charge is 0.464 e. The maximum Gasteiger partial charge on any atom is 0.324 e. The molecule has 5 aromatic rings. The quantitative estimate of drug-likeness (QED) is 0.0880. The van der Waals surface area contributed by atoms with Gasteiger partial charge >= 0.3 is 5.97 Å². The van der Waals surface area contributed by atoms with Crippen LogP contribution in [-0.4, -0.2) is 86.8 Å². The third-order valence-electron chi connectivity index (χ3n) is 12.5. The van der Waals surface area contributed by atoms with Gasteiger partial charge in [0.05, 0.1) is 36.2 Å². The Labute approximate surface area is 380 Å². The van der Waals surface area contributed by atoms with Crippen LogP contribution in [0.2, 0.25) is 0 Å². The van der Waals surface area contributed by atoms with E-state index in [-0.39, 0.29) is 49.5 Å². The van der Waals surface area contributed by atoms with Crippen molar-refractivity contribution in [2.24, 2.45) is 24.3 Å². The Morgan fingerprint density at radius 3 is 2.60 bits per heavy atom. The van der Waals surface area contributed by atoms with E-state index in [4.69, 9.17) is 19.2 Å². The number of methoxy groups -OCH3 is 1. The highest BCUT2D eigenvalue weighted by atomic mass is 16.5. The van der Waals surface area contributed by atoms with Crippen LogP contribution in [0.15, 0.2) is 79.6 Å². The van der Waals surface area contributed by atoms with Crippen LogP contribution in [0.1, 0.15) is 77.3 Å². The number of imidazole rings is 1. The van der Waals surface area contributed by atoms with Gasteiger partial charge in [0.2, 0.25) is 11.8 Å². The fraction of sp³-hybridized carbons (Fsp3) is 0.440. The molecule has 1 fully saturated rings. The van der Waals surface area contributed by atoms with Gasteiger partial charge in [-0.3, -0.25) is 33.7 Å². The summed E-state index contributed by atoms with van der Waals surface area (Å²) in [4.78, 5) is 63.8. The molecule has 2 aliphatic rings. The number of carbonyl (C=O) groups excluding carboxylic acids is 4. The van der Waals surface area contributed by atoms with Crippen molar-refractivity contribution < 1.29 is 33.4 Å². The number of hydrogen-bond acceptors (Lipinski definition) is 10. The number of nitrogens with one attached hydrogen (secondary N) is 3. The fourth-order valence-corrected chi connectivity index (χ4v) is 8.82. The van der Waals surface area contributed by atoms with Crippen LogP contribution in [-0.2, 0) is 55.1 Å². The van der Waals surface area contributed by atoms with Crippen LogP contribution in [0.3, 0.4) is 0 Å². The smallest absolute Gasteiger partial charge is 0.324 e. The van der Waals surface area contributed by atoms with E-state index >= 15 is 0 Å². The number of carbonyl (C=O) groups is 4. The second-order valence-electron chi connectivity index (χ2n) is 18.2. The minimum absolute atomic E-state index is 0.0364. The standard InChI is InChI=1S/C50H62N8O7/c1-10-43(59)54-42-27-52-49(56(42)8)64-28-38(30(3)4)46(60)53-40-24-32-15-12-16-33(23-32)34-19-20-41-36(25-34)37(45(57(41)11-2)35-17-13-21-51-44(35)31(5)63-9)26-50(6,7)29-65-48(62)39-18-14-22-58(55-39)47(40)61/h10,12-13,15-17,19-21,23,25,27,30-31,38-40,55H,1,11,14,18,22,24,26,28-29H2,2-9H3,(H,53,60)(H,54,59)/t31-,38-,39-,40-/m0/s1. The number of esters is 1. The Morgan fingerprint density at radius 1 is 1.08 bits per heavy atom. The van der Waals surface area contributed by atoms with Gasteiger partial charge in [-0.2, -0.15) is 0 Å². The maximum atomic E-state index is 14.6. The lowest BCUT2D eigenvalue weighted by Gasteiger charge is -2.36. The molecule has 0 saturated carbocycles. The molecule has 5 heterocycles. The number of hydrazine groups is 1. The van der Waals surface area contributed by atoms with E-state index in [0.717, 1.165) is 56.2 Å². The van der Waals surface area contributed by atoms with E-state index in [1.807, 2.05) is 39.0 Å². The number of aryl methyl sites for hydroxylation is 1. The average Bonchev–Trinajstić information content (AvgIpc) is 3.81. The first kappa shape index (κ1) is 46.7. The number of fused-ring (bicyclic) bond motifs is 6. The van der Waals surface area contributed by atoms with E-state index < -0.39 is 35.3 Å². The van der Waals surface area contributed by atoms with Gasteiger partial charge in [-0.15, -0.1) is 0 Å². The summed E-state index contributed by atoms with van der Waals surface area (Å²) in [6.07, 6.45) is 6.00. The van der Waals surface area contributed by atoms with Gasteiger partial charge in [-0.05, 0) is 91.6 Å². The van der Waals surface area contributed by atoms with Gasteiger partial charge in [0.1, 0.15) is 24.5 Å². The lowest BCUT2D eigenvalue weighted by molar-refractivity contribution is -0.155. The third kappa shape index (κ3) is 10.2. The monoisotopic (exact) mass is 886 g/mol. The first-order valence-corrected chi connectivity index (χ1v) is 22.5. The van der Waals surface area contributed by atoms with Crippen molar-refractivity contribution in [2.75, 3.05) is 32.2 Å². The van der Waals surface area contributed by atoms with E-state index in [1.54, 1.807) is 24.9 Å². The van der Waals surface area contributed by atoms with Crippen molar-refractivity contribution in [3.05, 3.63) is 96.5 Å². The highest BCUT2D eigenvalue weighted by Gasteiger charge is 2.37. The van der Waals surface area contributed by atoms with E-state index in [1.165, 1.54) is 11.2 Å². The number of pyridine rings is 1. The number of amides is 3. The molecule has 7 rings (SSSR count). The van der Waals surface area contributed by atoms with Crippen molar-refractivity contribution in [3.63, 3.8) is 0 Å². The zero-order valence-electron chi connectivity index (χ0n) is 38.8. The molecule has 3 N–H and O–H groups in total. The van der Waals surface area contributed by atoms with Crippen molar-refractivity contribution in [1.82, 2.24) is 34.9 Å². The Bertz CT molecular complexity index is 2580. The molecule has 0 aliphatic carbocycles. The predicted octanol–water partition coefficient (Wildman–Crippen LogP) is 6.96. The zero-order valence-corrected chi connectivity index (χ0v) is 38.8. The summed E-state index contributed by atoms with van der Waals surface area (Å²) in [6, 6.07) is 17.1. The summed E-state index contributed by atoms with van der Waals surface area (Å²) in [5.41, 5.74) is 10.6. The van der Waals surface area contributed by atoms with Gasteiger partial charge in [0.15, 0.2) is 0 Å². The Kier molecular flexibility index (Phi) is 14.2. The van der Waals surface area contributed by atoms with Gasteiger partial charge in [0, 0.05) is 61.7 Å². The molecule has 344 valence electrons. The van der Waals surface area contributed by atoms with Crippen molar-refractivity contribution >= 4 is 40.4 Å². The van der Waals surface area contributed by atoms with Gasteiger partial charge in [-0.25, -0.2) is 10.4 Å². The normalized spacial score (nSPS) is 18.7. The zero-order chi connectivity index (χ0) is 46.6. The highest BCUT2D eigenvalue weighted by molar-refractivity contribution is 5.98. The summed E-state index contributed by atoms with van der Waals surface area (Å²) in [5.74, 6) is -2.02. The predicted molar refractivity (Wildman–Crippen MR) is 250 cm³/mol. The average molecular weight is 887 g/mol. The second kappa shape index (κ2) is 19.8. The number of hydrogen-bond donors (Lipinski definition) is 3. The van der Waals surface area contributed by atoms with Crippen molar-refractivity contribution in [1.29, 1.82) is 0 Å². The van der Waals surface area contributed by atoms with Gasteiger partial charge in [0.25, 0.3) is 11.9 Å². The lowest BCUT2D eigenvalue weighted by atomic mass is 9.84. The first-order valence-electron chi connectivity index (χ1n) is 22.5. The molecule has 2 aromatic carbocycles. The van der Waals surface area contributed by atoms with Crippen LogP contribution in [0.5, 0.6) is 6.01 Å². The van der Waals surface area contributed by atoms with Crippen LogP contribution in [0, 0.1) is 17.3 Å². The second-order valence-corrected chi connectivity index (χ2v) is 18.2. The SMILES string of the molecule is C=CC(=O)Nc1cnc(OC[C@H](C(=O)N[C@H]2Cc3cccc(c3)-c3ccc4c(c3)c(c(-c3cccnc3[C@H](C)OC)n4CC)CC(C)(C)COC(=O)[C@@H]3CCCN(N3)C2=O)C(C)C)n1C. The number of aromatic nitrogens is 4. The van der Waals surface area contributed by atoms with Crippen LogP contribution in [0.4, 0.5) is 5.82 Å². The Balaban J connectivity index is 1.27. The summed E-state index contributed by atoms with van der Waals surface area (Å²) >= 11 is 0. The summed E-state index contributed by atoms with van der Waals surface area (Å²) in [6.45, 7) is 16.8. The number of cyclic esters (lactones) is 1. The molecule has 15 nitrogen and oxygen atoms in total. The molecule has 0 radical (unpaired) electrons. The molecule has 2 aliphatic heterocycles. The molecule has 1 saturated heterocycles. The lowest BCUT2D eigenvalue weighted by Crippen LogP contribution is -2.61. The number of ether oxygens (including phenoxy) is 3. The van der Waals surface area contributed by atoms with Gasteiger partial charge in [-0.1, -0.05) is 64.6 Å². The maximum absolute atomic E-state index is 14.6. The molecular weight excluding hydrogens is 825 g/mol. The van der Waals surface area contributed by atoms with Crippen LogP contribution < -0.4 is 20.8 Å². The Hall–Kier alpha value is -6.32. The Morgan fingerprint density at radius 2 is 1.86 bits per heavy atom. The van der Waals surface area contributed by atoms with E-state index in [2.05, 4.69) is 89.4 Å². The minimum atomic E-state index is -0.994. The number of benzene rings is 2. The number of rotatable bonds is 12. The third-order valence-corrected chi connectivity index (χ3v) is 12.5. The van der Waals surface area contributed by atoms with Crippen molar-refractivity contribution in [2.45, 2.75) is 92.0 Å². The molecular formula is C50H62N8O7. The fourth-order valence-electron chi connectivity index (χ4n) is 8.82. The minimum Gasteiger partial charge on any atom is -0.464 e. The number of anilines is 1. The molecule has 6 bridgehead atoms. The first-order chi connectivity index (χ1) is 31.1. The molecule has 3 amide bonds. The summed E-state index contributed by atoms with van der Waals surface area (Å²) < 4.78 is 21.9. The summed E-state index contributed by atoms with van der Waals surface area (Å²) in [5, 5.41) is 8.30.